The fraction of sp³-hybridized carbons (Fsp3) is 0.364. The smallest absolute Gasteiger partial charge is 0.265 e. The molecule has 1 N–H and O–H groups in total. The maximum absolute atomic E-state index is 12.4. The van der Waals surface area contributed by atoms with Crippen LogP contribution in [0.5, 0.6) is 17.2 Å². The number of benzene rings is 2. The molecule has 154 valence electrons. The molecule has 0 saturated heterocycles. The van der Waals surface area contributed by atoms with E-state index in [4.69, 9.17) is 14.2 Å². The monoisotopic (exact) mass is 398 g/mol. The fourth-order valence-electron chi connectivity index (χ4n) is 3.27. The molecule has 0 atom stereocenters. The molecule has 1 aliphatic rings. The molecule has 0 aliphatic carbocycles. The van der Waals surface area contributed by atoms with Gasteiger partial charge in [0.1, 0.15) is 5.75 Å². The predicted molar refractivity (Wildman–Crippen MR) is 111 cm³/mol. The maximum atomic E-state index is 12.4. The lowest BCUT2D eigenvalue weighted by Crippen LogP contribution is -2.39. The number of fused-ring (bicyclic) bond motifs is 1. The van der Waals surface area contributed by atoms with Crippen molar-refractivity contribution in [2.75, 3.05) is 37.6 Å². The summed E-state index contributed by atoms with van der Waals surface area (Å²) in [5, 5.41) is 2.90. The zero-order valence-electron chi connectivity index (χ0n) is 17.0. The summed E-state index contributed by atoms with van der Waals surface area (Å²) in [6.45, 7) is 2.68. The molecule has 2 aromatic carbocycles. The summed E-state index contributed by atoms with van der Waals surface area (Å²) in [6, 6.07) is 11.0. The lowest BCUT2D eigenvalue weighted by Gasteiger charge is -2.29. The molecule has 0 saturated carbocycles. The van der Waals surface area contributed by atoms with Gasteiger partial charge in [0.05, 0.1) is 19.9 Å². The fourth-order valence-corrected chi connectivity index (χ4v) is 3.27. The number of rotatable bonds is 8. The van der Waals surface area contributed by atoms with Crippen LogP contribution in [0.4, 0.5) is 11.4 Å². The van der Waals surface area contributed by atoms with Gasteiger partial charge >= 0.3 is 0 Å². The SMILES string of the molecule is CCCN1C(=O)COc2ccc(NC(=O)CCc3ccc(OC)c(OC)c3)cc21. The highest BCUT2D eigenvalue weighted by Crippen LogP contribution is 2.34. The first-order valence-electron chi connectivity index (χ1n) is 9.63. The largest absolute Gasteiger partial charge is 0.493 e. The first-order chi connectivity index (χ1) is 14.0. The van der Waals surface area contributed by atoms with E-state index in [-0.39, 0.29) is 18.4 Å². The molecule has 7 nitrogen and oxygen atoms in total. The molecule has 0 spiro atoms. The highest BCUT2D eigenvalue weighted by atomic mass is 16.5. The molecule has 0 aromatic heterocycles. The van der Waals surface area contributed by atoms with E-state index in [2.05, 4.69) is 5.32 Å². The Balaban J connectivity index is 1.65. The minimum Gasteiger partial charge on any atom is -0.493 e. The van der Waals surface area contributed by atoms with Crippen molar-refractivity contribution >= 4 is 23.2 Å². The van der Waals surface area contributed by atoms with Crippen molar-refractivity contribution in [2.24, 2.45) is 0 Å². The number of ether oxygens (including phenoxy) is 3. The molecule has 1 heterocycles. The summed E-state index contributed by atoms with van der Waals surface area (Å²) in [4.78, 5) is 26.3. The quantitative estimate of drug-likeness (QED) is 0.737. The maximum Gasteiger partial charge on any atom is 0.265 e. The normalized spacial score (nSPS) is 12.8. The Morgan fingerprint density at radius 1 is 1.14 bits per heavy atom. The second-order valence-electron chi connectivity index (χ2n) is 6.75. The average Bonchev–Trinajstić information content (AvgIpc) is 2.74. The highest BCUT2D eigenvalue weighted by molar-refractivity contribution is 5.99. The Morgan fingerprint density at radius 2 is 1.93 bits per heavy atom. The van der Waals surface area contributed by atoms with Crippen LogP contribution in [0.3, 0.4) is 0 Å². The minimum atomic E-state index is -0.107. The summed E-state index contributed by atoms with van der Waals surface area (Å²) >= 11 is 0. The topological polar surface area (TPSA) is 77.1 Å². The van der Waals surface area contributed by atoms with Gasteiger partial charge in [-0.25, -0.2) is 0 Å². The van der Waals surface area contributed by atoms with Gasteiger partial charge in [0.15, 0.2) is 18.1 Å². The van der Waals surface area contributed by atoms with Gasteiger partial charge in [0, 0.05) is 18.7 Å². The van der Waals surface area contributed by atoms with Crippen LogP contribution in [0.15, 0.2) is 36.4 Å². The van der Waals surface area contributed by atoms with Crippen molar-refractivity contribution in [3.63, 3.8) is 0 Å². The number of methoxy groups -OCH3 is 2. The summed E-state index contributed by atoms with van der Waals surface area (Å²) < 4.78 is 16.0. The third kappa shape index (κ3) is 4.80. The number of hydrogen-bond donors (Lipinski definition) is 1. The molecule has 0 radical (unpaired) electrons. The van der Waals surface area contributed by atoms with Gasteiger partial charge in [-0.2, -0.15) is 0 Å². The molecule has 0 unspecified atom stereocenters. The molecule has 0 fully saturated rings. The van der Waals surface area contributed by atoms with E-state index in [0.717, 1.165) is 12.0 Å². The van der Waals surface area contributed by atoms with Crippen molar-refractivity contribution in [1.29, 1.82) is 0 Å². The van der Waals surface area contributed by atoms with Gasteiger partial charge in [-0.1, -0.05) is 13.0 Å². The van der Waals surface area contributed by atoms with Crippen LogP contribution >= 0.6 is 0 Å². The van der Waals surface area contributed by atoms with E-state index in [1.165, 1.54) is 0 Å². The van der Waals surface area contributed by atoms with Crippen LogP contribution in [0.25, 0.3) is 0 Å². The Morgan fingerprint density at radius 3 is 2.66 bits per heavy atom. The molecule has 2 amide bonds. The summed E-state index contributed by atoms with van der Waals surface area (Å²) in [7, 11) is 3.17. The van der Waals surface area contributed by atoms with Crippen LogP contribution < -0.4 is 24.4 Å². The van der Waals surface area contributed by atoms with E-state index in [1.54, 1.807) is 37.3 Å². The number of carbonyl (C=O) groups is 2. The van der Waals surface area contributed by atoms with Gasteiger partial charge in [0.25, 0.3) is 5.91 Å². The number of amides is 2. The minimum absolute atomic E-state index is 0.0457. The van der Waals surface area contributed by atoms with E-state index in [9.17, 15) is 9.59 Å². The first kappa shape index (κ1) is 20.5. The van der Waals surface area contributed by atoms with Gasteiger partial charge in [0.2, 0.25) is 5.91 Å². The number of nitrogens with one attached hydrogen (secondary N) is 1. The van der Waals surface area contributed by atoms with Gasteiger partial charge in [-0.3, -0.25) is 9.59 Å². The molecule has 29 heavy (non-hydrogen) atoms. The zero-order chi connectivity index (χ0) is 20.8. The van der Waals surface area contributed by atoms with E-state index in [0.29, 0.717) is 48.0 Å². The second kappa shape index (κ2) is 9.32. The number of aryl methyl sites for hydroxylation is 1. The van der Waals surface area contributed by atoms with Crippen molar-refractivity contribution < 1.29 is 23.8 Å². The Bertz CT molecular complexity index is 897. The molecule has 1 aliphatic heterocycles. The molecule has 2 aromatic rings. The average molecular weight is 398 g/mol. The van der Waals surface area contributed by atoms with Crippen LogP contribution in [-0.2, 0) is 16.0 Å². The molecule has 0 bridgehead atoms. The third-order valence-electron chi connectivity index (χ3n) is 4.72. The zero-order valence-corrected chi connectivity index (χ0v) is 17.0. The number of anilines is 2. The molecule has 3 rings (SSSR count). The summed E-state index contributed by atoms with van der Waals surface area (Å²) in [6.07, 6.45) is 1.73. The molecule has 7 heteroatoms. The van der Waals surface area contributed by atoms with E-state index < -0.39 is 0 Å². The lowest BCUT2D eigenvalue weighted by molar-refractivity contribution is -0.121. The number of nitrogens with zero attached hydrogens (tertiary/aromatic N) is 1. The molecular weight excluding hydrogens is 372 g/mol. The number of hydrogen-bond acceptors (Lipinski definition) is 5. The first-order valence-corrected chi connectivity index (χ1v) is 9.63. The van der Waals surface area contributed by atoms with Gasteiger partial charge < -0.3 is 24.4 Å². The van der Waals surface area contributed by atoms with E-state index in [1.807, 2.05) is 25.1 Å². The van der Waals surface area contributed by atoms with Crippen LogP contribution in [0, 0.1) is 0 Å². The van der Waals surface area contributed by atoms with Crippen molar-refractivity contribution in [2.45, 2.75) is 26.2 Å². The van der Waals surface area contributed by atoms with Crippen molar-refractivity contribution in [3.8, 4) is 17.2 Å². The Labute approximate surface area is 170 Å². The van der Waals surface area contributed by atoms with Gasteiger partial charge in [-0.05, 0) is 48.7 Å². The summed E-state index contributed by atoms with van der Waals surface area (Å²) in [5.41, 5.74) is 2.32. The van der Waals surface area contributed by atoms with E-state index >= 15 is 0 Å². The van der Waals surface area contributed by atoms with Crippen LogP contribution in [-0.4, -0.2) is 39.2 Å². The summed E-state index contributed by atoms with van der Waals surface area (Å²) in [5.74, 6) is 1.77. The highest BCUT2D eigenvalue weighted by Gasteiger charge is 2.25. The standard InChI is InChI=1S/C22H26N2O5/c1-4-11-24-17-13-16(7-9-18(17)29-14-22(24)26)23-21(25)10-6-15-5-8-19(27-2)20(12-15)28-3/h5,7-9,12-13H,4,6,10-11,14H2,1-3H3,(H,23,25). The third-order valence-corrected chi connectivity index (χ3v) is 4.72. The Hall–Kier alpha value is -3.22. The molecular formula is C22H26N2O5. The van der Waals surface area contributed by atoms with Crippen LogP contribution in [0.2, 0.25) is 0 Å². The predicted octanol–water partition coefficient (Wildman–Crippen LogP) is 3.41. The van der Waals surface area contributed by atoms with Gasteiger partial charge in [-0.15, -0.1) is 0 Å². The van der Waals surface area contributed by atoms with Crippen LogP contribution in [0.1, 0.15) is 25.3 Å². The van der Waals surface area contributed by atoms with Crippen molar-refractivity contribution in [1.82, 2.24) is 0 Å². The Kier molecular flexibility index (Phi) is 6.59. The lowest BCUT2D eigenvalue weighted by atomic mass is 10.1. The number of carbonyl (C=O) groups excluding carboxylic acids is 2. The van der Waals surface area contributed by atoms with Crippen molar-refractivity contribution in [3.05, 3.63) is 42.0 Å². The second-order valence-corrected chi connectivity index (χ2v) is 6.75.